The van der Waals surface area contributed by atoms with E-state index >= 15 is 0 Å². The molecule has 7 heteroatoms. The number of nitrogens with two attached hydrogens (primary N) is 1. The monoisotopic (exact) mass is 390 g/mol. The highest BCUT2D eigenvalue weighted by Gasteiger charge is 2.18. The molecular weight excluding hydrogens is 364 g/mol. The maximum absolute atomic E-state index is 12.4. The van der Waals surface area contributed by atoms with Gasteiger partial charge in [0.25, 0.3) is 5.91 Å². The molecule has 1 amide bonds. The van der Waals surface area contributed by atoms with E-state index in [0.29, 0.717) is 17.0 Å². The van der Waals surface area contributed by atoms with Crippen molar-refractivity contribution in [2.24, 2.45) is 5.14 Å². The predicted octanol–water partition coefficient (Wildman–Crippen LogP) is 3.35. The van der Waals surface area contributed by atoms with Gasteiger partial charge in [-0.1, -0.05) is 39.0 Å². The summed E-state index contributed by atoms with van der Waals surface area (Å²) in [6.07, 6.45) is -0.760. The van der Waals surface area contributed by atoms with Gasteiger partial charge in [0, 0.05) is 5.69 Å². The van der Waals surface area contributed by atoms with Gasteiger partial charge in [0.05, 0.1) is 4.90 Å². The summed E-state index contributed by atoms with van der Waals surface area (Å²) in [5.74, 6) is 0.193. The summed E-state index contributed by atoms with van der Waals surface area (Å²) in [5.41, 5.74) is 2.06. The molecule has 0 aromatic heterocycles. The minimum absolute atomic E-state index is 0.0216. The SMILES string of the molecule is Cc1ccc(NC(=O)[C@@H](C)Oc2ccc(C(C)(C)C)cc2)cc1S(N)(=O)=O. The van der Waals surface area contributed by atoms with Gasteiger partial charge in [-0.25, -0.2) is 13.6 Å². The maximum Gasteiger partial charge on any atom is 0.265 e. The highest BCUT2D eigenvalue weighted by Crippen LogP contribution is 2.25. The highest BCUT2D eigenvalue weighted by molar-refractivity contribution is 7.89. The van der Waals surface area contributed by atoms with Crippen LogP contribution in [0.15, 0.2) is 47.4 Å². The molecule has 0 spiro atoms. The van der Waals surface area contributed by atoms with Crippen molar-refractivity contribution in [2.45, 2.75) is 51.0 Å². The molecule has 0 bridgehead atoms. The van der Waals surface area contributed by atoms with Gasteiger partial charge in [-0.2, -0.15) is 0 Å². The number of nitrogens with one attached hydrogen (secondary N) is 1. The van der Waals surface area contributed by atoms with Crippen molar-refractivity contribution < 1.29 is 17.9 Å². The van der Waals surface area contributed by atoms with E-state index in [4.69, 9.17) is 9.88 Å². The standard InChI is InChI=1S/C20H26N2O4S/c1-13-6-9-16(12-18(13)27(21,24)25)22-19(23)14(2)26-17-10-7-15(8-11-17)20(3,4)5/h6-12,14H,1-5H3,(H,22,23)(H2,21,24,25)/t14-/m1/s1. The van der Waals surface area contributed by atoms with Gasteiger partial charge in [-0.05, 0) is 54.7 Å². The minimum atomic E-state index is -3.86. The average molecular weight is 391 g/mol. The van der Waals surface area contributed by atoms with Crippen LogP contribution in [0.1, 0.15) is 38.8 Å². The highest BCUT2D eigenvalue weighted by atomic mass is 32.2. The molecule has 146 valence electrons. The number of aryl methyl sites for hydroxylation is 1. The Labute approximate surface area is 160 Å². The molecule has 6 nitrogen and oxygen atoms in total. The topological polar surface area (TPSA) is 98.5 Å². The van der Waals surface area contributed by atoms with Crippen molar-refractivity contribution in [3.8, 4) is 5.75 Å². The van der Waals surface area contributed by atoms with Gasteiger partial charge >= 0.3 is 0 Å². The van der Waals surface area contributed by atoms with Gasteiger partial charge in [0.1, 0.15) is 5.75 Å². The maximum atomic E-state index is 12.4. The zero-order valence-corrected chi connectivity index (χ0v) is 17.1. The summed E-state index contributed by atoms with van der Waals surface area (Å²) in [4.78, 5) is 12.4. The second-order valence-corrected chi connectivity index (χ2v) is 9.08. The summed E-state index contributed by atoms with van der Waals surface area (Å²) in [7, 11) is -3.86. The molecule has 1 atom stereocenters. The molecule has 0 unspecified atom stereocenters. The number of primary sulfonamides is 1. The minimum Gasteiger partial charge on any atom is -0.481 e. The van der Waals surface area contributed by atoms with Crippen molar-refractivity contribution in [1.82, 2.24) is 0 Å². The number of sulfonamides is 1. The first-order chi connectivity index (χ1) is 12.4. The average Bonchev–Trinajstić information content (AvgIpc) is 2.55. The third-order valence-electron chi connectivity index (χ3n) is 4.16. The molecule has 27 heavy (non-hydrogen) atoms. The van der Waals surface area contributed by atoms with Crippen molar-refractivity contribution in [3.63, 3.8) is 0 Å². The van der Waals surface area contributed by atoms with E-state index in [-0.39, 0.29) is 16.2 Å². The molecule has 0 radical (unpaired) electrons. The van der Waals surface area contributed by atoms with E-state index < -0.39 is 16.1 Å². The molecular formula is C20H26N2O4S. The molecule has 0 aliphatic rings. The van der Waals surface area contributed by atoms with Crippen LogP contribution in [0, 0.1) is 6.92 Å². The van der Waals surface area contributed by atoms with Gasteiger partial charge in [-0.3, -0.25) is 4.79 Å². The fourth-order valence-electron chi connectivity index (χ4n) is 2.52. The van der Waals surface area contributed by atoms with Crippen LogP contribution in [0.3, 0.4) is 0 Å². The number of anilines is 1. The van der Waals surface area contributed by atoms with Crippen LogP contribution < -0.4 is 15.2 Å². The van der Waals surface area contributed by atoms with Crippen LogP contribution >= 0.6 is 0 Å². The van der Waals surface area contributed by atoms with E-state index in [9.17, 15) is 13.2 Å². The summed E-state index contributed by atoms with van der Waals surface area (Å²) in [6.45, 7) is 9.63. The number of hydrogen-bond acceptors (Lipinski definition) is 4. The number of ether oxygens (including phenoxy) is 1. The summed E-state index contributed by atoms with van der Waals surface area (Å²) in [5, 5.41) is 7.85. The molecule has 2 aromatic carbocycles. The van der Waals surface area contributed by atoms with E-state index in [1.165, 1.54) is 11.6 Å². The lowest BCUT2D eigenvalue weighted by Crippen LogP contribution is -2.30. The Morgan fingerprint density at radius 1 is 1.11 bits per heavy atom. The van der Waals surface area contributed by atoms with Crippen molar-refractivity contribution >= 4 is 21.6 Å². The molecule has 0 aliphatic heterocycles. The Bertz CT molecular complexity index is 929. The summed E-state index contributed by atoms with van der Waals surface area (Å²) in [6, 6.07) is 12.1. The first-order valence-corrected chi connectivity index (χ1v) is 10.1. The Morgan fingerprint density at radius 2 is 1.70 bits per heavy atom. The Hall–Kier alpha value is -2.38. The first-order valence-electron chi connectivity index (χ1n) is 8.59. The third-order valence-corrected chi connectivity index (χ3v) is 5.22. The molecule has 0 aliphatic carbocycles. The number of amides is 1. The van der Waals surface area contributed by atoms with Crippen LogP contribution in [0.25, 0.3) is 0 Å². The van der Waals surface area contributed by atoms with Gasteiger partial charge in [0.2, 0.25) is 10.0 Å². The lowest BCUT2D eigenvalue weighted by Gasteiger charge is -2.20. The number of carbonyl (C=O) groups is 1. The molecule has 0 saturated heterocycles. The fourth-order valence-corrected chi connectivity index (χ4v) is 3.33. The van der Waals surface area contributed by atoms with Crippen molar-refractivity contribution in [2.75, 3.05) is 5.32 Å². The van der Waals surface area contributed by atoms with E-state index in [2.05, 4.69) is 26.1 Å². The van der Waals surface area contributed by atoms with Crippen molar-refractivity contribution in [1.29, 1.82) is 0 Å². The Balaban J connectivity index is 2.08. The quantitative estimate of drug-likeness (QED) is 0.818. The van der Waals surface area contributed by atoms with Crippen LogP contribution in [0.5, 0.6) is 5.75 Å². The van der Waals surface area contributed by atoms with Gasteiger partial charge in [0.15, 0.2) is 6.10 Å². The van der Waals surface area contributed by atoms with Crippen molar-refractivity contribution in [3.05, 3.63) is 53.6 Å². The third kappa shape index (κ3) is 5.55. The summed E-state index contributed by atoms with van der Waals surface area (Å²) < 4.78 is 28.9. The lowest BCUT2D eigenvalue weighted by molar-refractivity contribution is -0.122. The van der Waals surface area contributed by atoms with Gasteiger partial charge in [-0.15, -0.1) is 0 Å². The van der Waals surface area contributed by atoms with Crippen LogP contribution in [0.2, 0.25) is 0 Å². The Kier molecular flexibility index (Phi) is 5.97. The van der Waals surface area contributed by atoms with Crippen LogP contribution in [0.4, 0.5) is 5.69 Å². The van der Waals surface area contributed by atoms with E-state index in [1.54, 1.807) is 26.0 Å². The van der Waals surface area contributed by atoms with E-state index in [0.717, 1.165) is 0 Å². The van der Waals surface area contributed by atoms with Crippen LogP contribution in [-0.2, 0) is 20.2 Å². The summed E-state index contributed by atoms with van der Waals surface area (Å²) >= 11 is 0. The first kappa shape index (κ1) is 20.9. The molecule has 0 heterocycles. The molecule has 2 aromatic rings. The normalized spacial score (nSPS) is 13.1. The molecule has 2 rings (SSSR count). The van der Waals surface area contributed by atoms with E-state index in [1.807, 2.05) is 24.3 Å². The predicted molar refractivity (Wildman–Crippen MR) is 106 cm³/mol. The number of carbonyl (C=O) groups excluding carboxylic acids is 1. The smallest absolute Gasteiger partial charge is 0.265 e. The zero-order valence-electron chi connectivity index (χ0n) is 16.2. The van der Waals surface area contributed by atoms with Crippen LogP contribution in [-0.4, -0.2) is 20.4 Å². The largest absolute Gasteiger partial charge is 0.481 e. The molecule has 3 N–H and O–H groups in total. The number of benzene rings is 2. The number of hydrogen-bond donors (Lipinski definition) is 2. The van der Waals surface area contributed by atoms with Gasteiger partial charge < -0.3 is 10.1 Å². The second-order valence-electron chi connectivity index (χ2n) is 7.55. The number of rotatable bonds is 5. The molecule has 0 saturated carbocycles. The Morgan fingerprint density at radius 3 is 2.22 bits per heavy atom. The fraction of sp³-hybridized carbons (Fsp3) is 0.350. The molecule has 0 fully saturated rings. The lowest BCUT2D eigenvalue weighted by atomic mass is 9.87. The second kappa shape index (κ2) is 7.70. The zero-order chi connectivity index (χ0) is 20.4.